The molecule has 0 radical (unpaired) electrons. The summed E-state index contributed by atoms with van der Waals surface area (Å²) >= 11 is 0. The molecule has 0 aliphatic heterocycles. The first-order chi connectivity index (χ1) is 21.8. The quantitative estimate of drug-likeness (QED) is 0.0360. The van der Waals surface area contributed by atoms with Gasteiger partial charge in [-0.3, -0.25) is 4.79 Å². The number of nitrogen functional groups attached to an aromatic ring is 2. The maximum atomic E-state index is 12.4. The maximum Gasteiger partial charge on any atom is 0.349 e. The van der Waals surface area contributed by atoms with Crippen LogP contribution in [0.5, 0.6) is 5.75 Å². The van der Waals surface area contributed by atoms with Crippen LogP contribution in [-0.2, 0) is 28.6 Å². The fourth-order valence-electron chi connectivity index (χ4n) is 4.41. The number of ether oxygens (including phenoxy) is 4. The van der Waals surface area contributed by atoms with E-state index >= 15 is 0 Å². The zero-order chi connectivity index (χ0) is 32.7. The fraction of sp³-hybridized carbons (Fsp3) is 0.486. The number of esters is 4. The largest absolute Gasteiger partial charge is 0.460 e. The average molecular weight is 625 g/mol. The summed E-state index contributed by atoms with van der Waals surface area (Å²) < 4.78 is 20.8. The molecule has 0 saturated heterocycles. The number of carbonyl (C=O) groups excluding carboxylic acids is 4. The van der Waals surface area contributed by atoms with Crippen LogP contribution in [0.25, 0.3) is 0 Å². The van der Waals surface area contributed by atoms with Crippen molar-refractivity contribution in [2.24, 2.45) is 0 Å². The van der Waals surface area contributed by atoms with Crippen LogP contribution in [0.2, 0.25) is 0 Å². The Hall–Kier alpha value is -4.34. The van der Waals surface area contributed by atoms with Gasteiger partial charge in [-0.1, -0.05) is 57.6 Å². The number of carbonyl (C=O) groups is 4. The summed E-state index contributed by atoms with van der Waals surface area (Å²) in [6.45, 7) is 1.29. The topological polar surface area (TPSA) is 157 Å². The van der Waals surface area contributed by atoms with E-state index < -0.39 is 37.1 Å². The van der Waals surface area contributed by atoms with Gasteiger partial charge in [-0.05, 0) is 80.6 Å². The molecule has 246 valence electrons. The monoisotopic (exact) mass is 624 g/mol. The summed E-state index contributed by atoms with van der Waals surface area (Å²) in [7, 11) is 0. The highest BCUT2D eigenvalue weighted by Gasteiger charge is 2.16. The van der Waals surface area contributed by atoms with Crippen molar-refractivity contribution in [3.05, 3.63) is 66.2 Å². The van der Waals surface area contributed by atoms with Gasteiger partial charge < -0.3 is 30.4 Å². The number of hydrogen-bond acceptors (Lipinski definition) is 10. The molecule has 0 fully saturated rings. The standard InChI is InChI=1S/C35H48N2O8/c1-2-3-4-11-14-30(44-34(40)26-43-35(41)27-17-19-28(36)20-18-27)15-12-9-7-5-6-8-10-13-16-32(38)42-25-33(39)45-31-23-21-29(37)22-24-31/h9,12,17-24,30H,2-8,10-11,13-16,25-26,36-37H2,1H3/t30-/m1/s1. The summed E-state index contributed by atoms with van der Waals surface area (Å²) in [6, 6.07) is 12.7. The second-order valence-corrected chi connectivity index (χ2v) is 10.9. The molecule has 2 rings (SSSR count). The molecular weight excluding hydrogens is 576 g/mol. The molecule has 45 heavy (non-hydrogen) atoms. The molecule has 1 atom stereocenters. The Morgan fingerprint density at radius 2 is 1.31 bits per heavy atom. The molecule has 0 amide bonds. The minimum absolute atomic E-state index is 0.258. The summed E-state index contributed by atoms with van der Waals surface area (Å²) in [6.07, 6.45) is 15.4. The van der Waals surface area contributed by atoms with Crippen LogP contribution in [-0.4, -0.2) is 43.2 Å². The third kappa shape index (κ3) is 17.5. The number of unbranched alkanes of at least 4 members (excludes halogenated alkanes) is 8. The zero-order valence-corrected chi connectivity index (χ0v) is 26.4. The molecule has 0 aromatic heterocycles. The van der Waals surface area contributed by atoms with Crippen molar-refractivity contribution in [3.63, 3.8) is 0 Å². The first-order valence-electron chi connectivity index (χ1n) is 15.9. The third-order valence-electron chi connectivity index (χ3n) is 6.93. The van der Waals surface area contributed by atoms with Gasteiger partial charge in [0, 0.05) is 24.2 Å². The van der Waals surface area contributed by atoms with Gasteiger partial charge in [0.05, 0.1) is 5.56 Å². The van der Waals surface area contributed by atoms with E-state index in [0.29, 0.717) is 35.5 Å². The van der Waals surface area contributed by atoms with Crippen LogP contribution in [0, 0.1) is 0 Å². The highest BCUT2D eigenvalue weighted by molar-refractivity contribution is 5.91. The van der Waals surface area contributed by atoms with Crippen molar-refractivity contribution in [3.8, 4) is 5.75 Å². The second-order valence-electron chi connectivity index (χ2n) is 10.9. The third-order valence-corrected chi connectivity index (χ3v) is 6.93. The highest BCUT2D eigenvalue weighted by atomic mass is 16.6. The van der Waals surface area contributed by atoms with E-state index in [1.807, 2.05) is 6.08 Å². The molecule has 4 N–H and O–H groups in total. The van der Waals surface area contributed by atoms with Crippen molar-refractivity contribution in [1.29, 1.82) is 0 Å². The number of rotatable bonds is 22. The average Bonchev–Trinajstić information content (AvgIpc) is 3.03. The van der Waals surface area contributed by atoms with E-state index in [9.17, 15) is 19.2 Å². The van der Waals surface area contributed by atoms with E-state index in [1.54, 1.807) is 48.5 Å². The Morgan fingerprint density at radius 1 is 0.689 bits per heavy atom. The minimum Gasteiger partial charge on any atom is -0.460 e. The highest BCUT2D eigenvalue weighted by Crippen LogP contribution is 2.15. The minimum atomic E-state index is -0.641. The molecular formula is C35H48N2O8. The first kappa shape index (κ1) is 36.8. The second kappa shape index (κ2) is 22.2. The molecule has 0 spiro atoms. The van der Waals surface area contributed by atoms with Crippen molar-refractivity contribution >= 4 is 35.3 Å². The lowest BCUT2D eigenvalue weighted by molar-refractivity contribution is -0.153. The summed E-state index contributed by atoms with van der Waals surface area (Å²) in [5.74, 6) is -1.87. The Balaban J connectivity index is 1.56. The van der Waals surface area contributed by atoms with Gasteiger partial charge in [-0.15, -0.1) is 0 Å². The Labute approximate surface area is 266 Å². The molecule has 10 nitrogen and oxygen atoms in total. The van der Waals surface area contributed by atoms with E-state index in [-0.39, 0.29) is 12.5 Å². The Morgan fingerprint density at radius 3 is 2.02 bits per heavy atom. The molecule has 2 aromatic rings. The van der Waals surface area contributed by atoms with E-state index in [1.165, 1.54) is 0 Å². The van der Waals surface area contributed by atoms with Crippen LogP contribution in [0.1, 0.15) is 101 Å². The van der Waals surface area contributed by atoms with Crippen molar-refractivity contribution < 1.29 is 38.1 Å². The van der Waals surface area contributed by atoms with E-state index in [0.717, 1.165) is 64.2 Å². The lowest BCUT2D eigenvalue weighted by Crippen LogP contribution is -2.23. The van der Waals surface area contributed by atoms with Gasteiger partial charge in [0.15, 0.2) is 13.2 Å². The summed E-state index contributed by atoms with van der Waals surface area (Å²) in [4.78, 5) is 48.2. The molecule has 0 saturated carbocycles. The van der Waals surface area contributed by atoms with Gasteiger partial charge in [-0.2, -0.15) is 0 Å². The van der Waals surface area contributed by atoms with Gasteiger partial charge in [0.2, 0.25) is 0 Å². The summed E-state index contributed by atoms with van der Waals surface area (Å²) in [5.41, 5.74) is 12.7. The van der Waals surface area contributed by atoms with Crippen LogP contribution in [0.4, 0.5) is 11.4 Å². The van der Waals surface area contributed by atoms with Crippen LogP contribution in [0.3, 0.4) is 0 Å². The molecule has 10 heteroatoms. The Bertz CT molecular complexity index is 1200. The SMILES string of the molecule is CCCCCC[C@H](CC=CCCCCCCCC(=O)OCC(=O)Oc1ccc(N)cc1)OC(=O)COC(=O)c1ccc(N)cc1. The normalized spacial score (nSPS) is 11.6. The predicted octanol–water partition coefficient (Wildman–Crippen LogP) is 6.72. The number of hydrogen-bond donors (Lipinski definition) is 2. The van der Waals surface area contributed by atoms with Crippen molar-refractivity contribution in [1.82, 2.24) is 0 Å². The molecule has 0 aliphatic rings. The van der Waals surface area contributed by atoms with Gasteiger partial charge in [0.1, 0.15) is 11.9 Å². The first-order valence-corrected chi connectivity index (χ1v) is 15.9. The molecule has 0 aliphatic carbocycles. The number of nitrogens with two attached hydrogens (primary N) is 2. The molecule has 2 aromatic carbocycles. The lowest BCUT2D eigenvalue weighted by Gasteiger charge is -2.16. The van der Waals surface area contributed by atoms with E-state index in [4.69, 9.17) is 30.4 Å². The van der Waals surface area contributed by atoms with Crippen molar-refractivity contribution in [2.75, 3.05) is 24.7 Å². The zero-order valence-electron chi connectivity index (χ0n) is 26.4. The van der Waals surface area contributed by atoms with Gasteiger partial charge >= 0.3 is 23.9 Å². The number of benzene rings is 2. The van der Waals surface area contributed by atoms with Crippen molar-refractivity contribution in [2.45, 2.75) is 96.5 Å². The Kier molecular flexibility index (Phi) is 18.2. The maximum absolute atomic E-state index is 12.4. The van der Waals surface area contributed by atoms with Crippen LogP contribution >= 0.6 is 0 Å². The molecule has 0 bridgehead atoms. The predicted molar refractivity (Wildman–Crippen MR) is 173 cm³/mol. The fourth-order valence-corrected chi connectivity index (χ4v) is 4.41. The smallest absolute Gasteiger partial charge is 0.349 e. The van der Waals surface area contributed by atoms with E-state index in [2.05, 4.69) is 13.0 Å². The van der Waals surface area contributed by atoms with Gasteiger partial charge in [-0.25, -0.2) is 14.4 Å². The molecule has 0 unspecified atom stereocenters. The van der Waals surface area contributed by atoms with Gasteiger partial charge in [0.25, 0.3) is 0 Å². The van der Waals surface area contributed by atoms with Crippen LogP contribution in [0.15, 0.2) is 60.7 Å². The summed E-state index contributed by atoms with van der Waals surface area (Å²) in [5, 5.41) is 0. The molecule has 0 heterocycles. The number of allylic oxidation sites excluding steroid dienone is 1. The van der Waals surface area contributed by atoms with Crippen LogP contribution < -0.4 is 16.2 Å². The lowest BCUT2D eigenvalue weighted by atomic mass is 10.1. The number of anilines is 2.